The van der Waals surface area contributed by atoms with Crippen molar-refractivity contribution in [3.8, 4) is 0 Å². The highest BCUT2D eigenvalue weighted by Crippen LogP contribution is 2.64. The van der Waals surface area contributed by atoms with Gasteiger partial charge in [-0.2, -0.15) is 0 Å². The molecule has 5 rings (SSSR count). The number of carbonyl (C=O) groups is 3. The van der Waals surface area contributed by atoms with Gasteiger partial charge in [0.2, 0.25) is 0 Å². The molecular formula is C21H31ClN2O4. The second kappa shape index (κ2) is 7.51. The lowest BCUT2D eigenvalue weighted by atomic mass is 9.49. The molecule has 156 valence electrons. The summed E-state index contributed by atoms with van der Waals surface area (Å²) in [6.45, 7) is 1.70. The van der Waals surface area contributed by atoms with Crippen LogP contribution in [0.1, 0.15) is 71.1 Å². The number of hydrogen-bond acceptors (Lipinski definition) is 4. The Labute approximate surface area is 171 Å². The summed E-state index contributed by atoms with van der Waals surface area (Å²) >= 11 is 6.76. The number of nitrogens with one attached hydrogen (secondary N) is 2. The molecule has 28 heavy (non-hydrogen) atoms. The van der Waals surface area contributed by atoms with Gasteiger partial charge in [0.05, 0.1) is 5.41 Å². The average Bonchev–Trinajstić information content (AvgIpc) is 2.59. The minimum atomic E-state index is -0.584. The van der Waals surface area contributed by atoms with Crippen LogP contribution in [0.2, 0.25) is 0 Å². The van der Waals surface area contributed by atoms with Crippen molar-refractivity contribution in [1.29, 1.82) is 0 Å². The fourth-order valence-corrected chi connectivity index (χ4v) is 7.26. The van der Waals surface area contributed by atoms with Crippen molar-refractivity contribution < 1.29 is 19.1 Å². The van der Waals surface area contributed by atoms with Crippen LogP contribution in [0.15, 0.2) is 0 Å². The van der Waals surface area contributed by atoms with Crippen LogP contribution in [0.5, 0.6) is 0 Å². The van der Waals surface area contributed by atoms with Crippen molar-refractivity contribution in [3.63, 3.8) is 0 Å². The van der Waals surface area contributed by atoms with Crippen LogP contribution >= 0.6 is 11.6 Å². The van der Waals surface area contributed by atoms with E-state index in [9.17, 15) is 14.4 Å². The van der Waals surface area contributed by atoms with Gasteiger partial charge in [0.15, 0.2) is 6.61 Å². The van der Waals surface area contributed by atoms with Crippen molar-refractivity contribution in [2.24, 2.45) is 23.2 Å². The van der Waals surface area contributed by atoms with E-state index in [0.717, 1.165) is 51.4 Å². The Morgan fingerprint density at radius 1 is 1.07 bits per heavy atom. The molecule has 5 aliphatic carbocycles. The van der Waals surface area contributed by atoms with E-state index in [1.807, 2.05) is 0 Å². The molecule has 0 aliphatic heterocycles. The number of carbonyl (C=O) groups excluding carboxylic acids is 3. The second-order valence-corrected chi connectivity index (χ2v) is 10.7. The predicted molar refractivity (Wildman–Crippen MR) is 105 cm³/mol. The summed E-state index contributed by atoms with van der Waals surface area (Å²) in [5.74, 6) is 0.487. The Hall–Kier alpha value is -1.30. The molecule has 2 N–H and O–H groups in total. The molecule has 0 heterocycles. The Morgan fingerprint density at radius 2 is 1.75 bits per heavy atom. The molecule has 5 saturated carbocycles. The predicted octanol–water partition coefficient (Wildman–Crippen LogP) is 3.51. The molecule has 5 aliphatic rings. The minimum Gasteiger partial charge on any atom is -0.455 e. The molecule has 0 aromatic rings. The quantitative estimate of drug-likeness (QED) is 0.548. The van der Waals surface area contributed by atoms with Crippen LogP contribution in [-0.4, -0.2) is 35.4 Å². The molecule has 3 amide bonds. The third kappa shape index (κ3) is 4.03. The first-order valence-electron chi connectivity index (χ1n) is 10.7. The number of amides is 3. The van der Waals surface area contributed by atoms with E-state index in [-0.39, 0.29) is 16.9 Å². The first kappa shape index (κ1) is 20.0. The Bertz CT molecular complexity index is 653. The molecular weight excluding hydrogens is 380 g/mol. The summed E-state index contributed by atoms with van der Waals surface area (Å²) in [7, 11) is 0. The zero-order valence-electron chi connectivity index (χ0n) is 16.6. The van der Waals surface area contributed by atoms with E-state index >= 15 is 0 Å². The van der Waals surface area contributed by atoms with Gasteiger partial charge in [0.25, 0.3) is 5.91 Å². The smallest absolute Gasteiger partial charge is 0.321 e. The number of urea groups is 1. The summed E-state index contributed by atoms with van der Waals surface area (Å²) in [4.78, 5) is 36.7. The van der Waals surface area contributed by atoms with E-state index in [2.05, 4.69) is 17.6 Å². The zero-order chi connectivity index (χ0) is 19.9. The van der Waals surface area contributed by atoms with Gasteiger partial charge >= 0.3 is 12.0 Å². The number of esters is 1. The van der Waals surface area contributed by atoms with E-state index < -0.39 is 24.0 Å². The maximum Gasteiger partial charge on any atom is 0.321 e. The fourth-order valence-electron chi connectivity index (χ4n) is 6.57. The summed E-state index contributed by atoms with van der Waals surface area (Å²) in [5, 5.41) is 5.16. The van der Waals surface area contributed by atoms with Crippen molar-refractivity contribution in [1.82, 2.24) is 10.6 Å². The first-order valence-corrected chi connectivity index (χ1v) is 11.1. The summed E-state index contributed by atoms with van der Waals surface area (Å²) in [5.41, 5.74) is -0.536. The summed E-state index contributed by atoms with van der Waals surface area (Å²) in [6, 6.07) is -0.412. The molecule has 4 bridgehead atoms. The van der Waals surface area contributed by atoms with Crippen molar-refractivity contribution >= 4 is 29.5 Å². The Morgan fingerprint density at radius 3 is 2.39 bits per heavy atom. The van der Waals surface area contributed by atoms with Gasteiger partial charge in [-0.15, -0.1) is 11.6 Å². The molecule has 0 aromatic heterocycles. The van der Waals surface area contributed by atoms with Gasteiger partial charge < -0.3 is 10.1 Å². The topological polar surface area (TPSA) is 84.5 Å². The third-order valence-electron chi connectivity index (χ3n) is 7.44. The maximum atomic E-state index is 12.8. The molecule has 7 heteroatoms. The average molecular weight is 411 g/mol. The molecule has 0 aromatic carbocycles. The molecule has 0 radical (unpaired) electrons. The first-order chi connectivity index (χ1) is 13.3. The molecule has 5 fully saturated rings. The van der Waals surface area contributed by atoms with Gasteiger partial charge in [-0.25, -0.2) is 4.79 Å². The SMILES string of the molecule is C[C@H]1CCCC[C@@H]1NC(=O)NC(=O)COC(=O)C12C[C@H]3C[C@@H](CC(Cl)(C3)C1)C2. The molecule has 6 nitrogen and oxygen atoms in total. The van der Waals surface area contributed by atoms with Crippen LogP contribution in [0.3, 0.4) is 0 Å². The Balaban J connectivity index is 1.26. The van der Waals surface area contributed by atoms with E-state index in [1.165, 1.54) is 6.42 Å². The largest absolute Gasteiger partial charge is 0.455 e. The minimum absolute atomic E-state index is 0.0936. The second-order valence-electron chi connectivity index (χ2n) is 9.86. The van der Waals surface area contributed by atoms with Gasteiger partial charge in [0.1, 0.15) is 0 Å². The fraction of sp³-hybridized carbons (Fsp3) is 0.857. The highest BCUT2D eigenvalue weighted by atomic mass is 35.5. The molecule has 0 saturated heterocycles. The highest BCUT2D eigenvalue weighted by molar-refractivity contribution is 6.24. The number of alkyl halides is 1. The van der Waals surface area contributed by atoms with Crippen LogP contribution < -0.4 is 10.6 Å². The zero-order valence-corrected chi connectivity index (χ0v) is 17.4. The van der Waals surface area contributed by atoms with Crippen LogP contribution in [0, 0.1) is 23.2 Å². The normalized spacial score (nSPS) is 41.4. The number of hydrogen-bond donors (Lipinski definition) is 2. The lowest BCUT2D eigenvalue weighted by molar-refractivity contribution is -0.171. The van der Waals surface area contributed by atoms with E-state index in [4.69, 9.17) is 16.3 Å². The molecule has 4 atom stereocenters. The van der Waals surface area contributed by atoms with Crippen molar-refractivity contribution in [3.05, 3.63) is 0 Å². The van der Waals surface area contributed by atoms with Crippen LogP contribution in [0.4, 0.5) is 4.79 Å². The Kier molecular flexibility index (Phi) is 5.36. The highest BCUT2D eigenvalue weighted by Gasteiger charge is 2.60. The van der Waals surface area contributed by atoms with Crippen molar-refractivity contribution in [2.75, 3.05) is 6.61 Å². The standard InChI is InChI=1S/C21H31ClN2O4/c1-13-4-2-3-5-16(13)23-19(27)24-17(25)11-28-18(26)20-7-14-6-15(8-20)10-21(22,9-14)12-20/h13-16H,2-12H2,1H3,(H2,23,24,25,27)/t13-,14+,15+,16-,20?,21?/m0/s1. The van der Waals surface area contributed by atoms with Gasteiger partial charge in [-0.3, -0.25) is 14.9 Å². The number of ether oxygens (including phenoxy) is 1. The lowest BCUT2D eigenvalue weighted by Crippen LogP contribution is -2.56. The number of halogens is 1. The lowest BCUT2D eigenvalue weighted by Gasteiger charge is -2.58. The van der Waals surface area contributed by atoms with E-state index in [1.54, 1.807) is 0 Å². The molecule has 0 unspecified atom stereocenters. The monoisotopic (exact) mass is 410 g/mol. The van der Waals surface area contributed by atoms with Gasteiger partial charge in [-0.1, -0.05) is 19.8 Å². The van der Waals surface area contributed by atoms with E-state index in [0.29, 0.717) is 24.2 Å². The van der Waals surface area contributed by atoms with Crippen LogP contribution in [0.25, 0.3) is 0 Å². The van der Waals surface area contributed by atoms with Gasteiger partial charge in [0, 0.05) is 10.9 Å². The van der Waals surface area contributed by atoms with Crippen LogP contribution in [-0.2, 0) is 14.3 Å². The van der Waals surface area contributed by atoms with Crippen molar-refractivity contribution in [2.45, 2.75) is 82.0 Å². The maximum absolute atomic E-state index is 12.8. The summed E-state index contributed by atoms with van der Waals surface area (Å²) < 4.78 is 5.36. The number of imide groups is 1. The molecule has 0 spiro atoms. The number of rotatable bonds is 4. The summed E-state index contributed by atoms with van der Waals surface area (Å²) in [6.07, 6.45) is 9.71. The van der Waals surface area contributed by atoms with Gasteiger partial charge in [-0.05, 0) is 69.1 Å². The third-order valence-corrected chi connectivity index (χ3v) is 7.88.